The second-order valence-electron chi connectivity index (χ2n) is 4.80. The zero-order valence-corrected chi connectivity index (χ0v) is 12.3. The molecular weight excluding hydrogens is 298 g/mol. The molecule has 0 aliphatic heterocycles. The van der Waals surface area contributed by atoms with Crippen LogP contribution < -0.4 is 5.11 Å². The summed E-state index contributed by atoms with van der Waals surface area (Å²) in [4.78, 5) is 15.5. The van der Waals surface area contributed by atoms with E-state index in [0.29, 0.717) is 10.6 Å². The molecule has 1 heterocycles. The van der Waals surface area contributed by atoms with Crippen LogP contribution in [0.1, 0.15) is 17.0 Å². The van der Waals surface area contributed by atoms with Gasteiger partial charge < -0.3 is 15.0 Å². The molecule has 0 aliphatic rings. The van der Waals surface area contributed by atoms with Gasteiger partial charge in [-0.05, 0) is 41.5 Å². The summed E-state index contributed by atoms with van der Waals surface area (Å²) in [5.41, 5.74) is 2.23. The van der Waals surface area contributed by atoms with Gasteiger partial charge in [0, 0.05) is 12.4 Å². The van der Waals surface area contributed by atoms with E-state index < -0.39 is 5.97 Å². The molecule has 0 saturated carbocycles. The van der Waals surface area contributed by atoms with Crippen LogP contribution in [0, 0.1) is 0 Å². The maximum atomic E-state index is 11.0. The molecule has 22 heavy (non-hydrogen) atoms. The molecule has 0 amide bonds. The number of phenols is 1. The number of carboxylic acid groups (broad SMARTS) is 1. The molecule has 0 bridgehead atoms. The van der Waals surface area contributed by atoms with Crippen molar-refractivity contribution in [1.29, 1.82) is 0 Å². The topological polar surface area (TPSA) is 73.2 Å². The lowest BCUT2D eigenvalue weighted by atomic mass is 10.1. The molecule has 4 nitrogen and oxygen atoms in total. The molecule has 0 unspecified atom stereocenters. The van der Waals surface area contributed by atoms with Crippen molar-refractivity contribution in [1.82, 2.24) is 4.98 Å². The van der Waals surface area contributed by atoms with Crippen LogP contribution in [0.2, 0.25) is 0 Å². The van der Waals surface area contributed by atoms with Crippen LogP contribution in [-0.4, -0.2) is 16.1 Å². The Morgan fingerprint density at radius 1 is 1.18 bits per heavy atom. The van der Waals surface area contributed by atoms with E-state index in [1.807, 2.05) is 24.3 Å². The summed E-state index contributed by atoms with van der Waals surface area (Å²) in [5.74, 6) is -0.983. The number of hydrogen-bond donors (Lipinski definition) is 1. The number of thiazole rings is 1. The quantitative estimate of drug-likeness (QED) is 0.804. The second-order valence-corrected chi connectivity index (χ2v) is 5.83. The highest BCUT2D eigenvalue weighted by atomic mass is 32.1. The van der Waals surface area contributed by atoms with Gasteiger partial charge in [-0.1, -0.05) is 24.3 Å². The van der Waals surface area contributed by atoms with Crippen molar-refractivity contribution in [2.45, 2.75) is 6.42 Å². The fourth-order valence-electron chi connectivity index (χ4n) is 2.13. The summed E-state index contributed by atoms with van der Waals surface area (Å²) >= 11 is 1.45. The normalized spacial score (nSPS) is 11.7. The first-order valence-corrected chi connectivity index (χ1v) is 7.49. The standard InChI is InChI=1S/C17H13NO3S/c19-13-7-5-11(6-8-13)9-12(10-16(20)21)17-18-14-3-1-2-4-15(14)22-17/h1-9,19H,10H2,(H,20,21)/p-1/b12-9+. The molecule has 5 heteroatoms. The summed E-state index contributed by atoms with van der Waals surface area (Å²) in [6.07, 6.45) is 1.55. The number of phenolic OH excluding ortho intramolecular Hbond substituents is 1. The van der Waals surface area contributed by atoms with E-state index in [1.165, 1.54) is 11.3 Å². The van der Waals surface area contributed by atoms with Gasteiger partial charge in [-0.15, -0.1) is 11.3 Å². The average molecular weight is 310 g/mol. The van der Waals surface area contributed by atoms with Crippen LogP contribution in [0.25, 0.3) is 21.9 Å². The van der Waals surface area contributed by atoms with E-state index in [0.717, 1.165) is 15.8 Å². The Hall–Kier alpha value is -2.66. The zero-order valence-electron chi connectivity index (χ0n) is 11.5. The fraction of sp³-hybridized carbons (Fsp3) is 0.0588. The largest absolute Gasteiger partial charge is 0.550 e. The Morgan fingerprint density at radius 3 is 2.59 bits per heavy atom. The average Bonchev–Trinajstić information content (AvgIpc) is 2.92. The van der Waals surface area contributed by atoms with Crippen LogP contribution in [0.3, 0.4) is 0 Å². The lowest BCUT2D eigenvalue weighted by molar-refractivity contribution is -0.304. The minimum Gasteiger partial charge on any atom is -0.550 e. The molecule has 1 N–H and O–H groups in total. The SMILES string of the molecule is O=C([O-])C/C(=C\c1ccc(O)cc1)c1nc2ccccc2s1. The van der Waals surface area contributed by atoms with Crippen molar-refractivity contribution in [3.05, 3.63) is 59.1 Å². The zero-order chi connectivity index (χ0) is 15.5. The van der Waals surface area contributed by atoms with Gasteiger partial charge in [0.05, 0.1) is 10.2 Å². The van der Waals surface area contributed by atoms with Gasteiger partial charge in [0.15, 0.2) is 0 Å². The van der Waals surface area contributed by atoms with E-state index in [2.05, 4.69) is 4.98 Å². The molecule has 0 aliphatic carbocycles. The predicted molar refractivity (Wildman–Crippen MR) is 85.2 cm³/mol. The summed E-state index contributed by atoms with van der Waals surface area (Å²) in [6, 6.07) is 14.2. The van der Waals surface area contributed by atoms with Crippen molar-refractivity contribution in [2.24, 2.45) is 0 Å². The van der Waals surface area contributed by atoms with Crippen LogP contribution >= 0.6 is 11.3 Å². The minimum absolute atomic E-state index is 0.165. The van der Waals surface area contributed by atoms with Gasteiger partial charge in [0.2, 0.25) is 0 Å². The fourth-order valence-corrected chi connectivity index (χ4v) is 3.10. The minimum atomic E-state index is -1.15. The number of aromatic hydroxyl groups is 1. The summed E-state index contributed by atoms with van der Waals surface area (Å²) in [6.45, 7) is 0. The number of aliphatic carboxylic acids is 1. The number of fused-ring (bicyclic) bond motifs is 1. The third-order valence-corrected chi connectivity index (χ3v) is 4.25. The predicted octanol–water partition coefficient (Wildman–Crippen LogP) is 2.68. The molecule has 0 saturated heterocycles. The number of rotatable bonds is 4. The molecule has 3 rings (SSSR count). The van der Waals surface area contributed by atoms with Crippen molar-refractivity contribution in [2.75, 3.05) is 0 Å². The Morgan fingerprint density at radius 2 is 1.91 bits per heavy atom. The van der Waals surface area contributed by atoms with E-state index in [-0.39, 0.29) is 12.2 Å². The Kier molecular flexibility index (Phi) is 3.89. The van der Waals surface area contributed by atoms with Gasteiger partial charge in [-0.2, -0.15) is 0 Å². The Bertz CT molecular complexity index is 817. The van der Waals surface area contributed by atoms with Crippen LogP contribution in [-0.2, 0) is 4.79 Å². The maximum absolute atomic E-state index is 11.0. The number of para-hydroxylation sites is 1. The third kappa shape index (κ3) is 3.15. The van der Waals surface area contributed by atoms with Crippen molar-refractivity contribution >= 4 is 39.2 Å². The second kappa shape index (κ2) is 5.99. The number of benzene rings is 2. The number of carboxylic acids is 1. The maximum Gasteiger partial charge on any atom is 0.120 e. The Labute approximate surface area is 131 Å². The van der Waals surface area contributed by atoms with Gasteiger partial charge in [0.1, 0.15) is 10.8 Å². The highest BCUT2D eigenvalue weighted by molar-refractivity contribution is 7.19. The number of aromatic nitrogens is 1. The van der Waals surface area contributed by atoms with Gasteiger partial charge >= 0.3 is 0 Å². The molecule has 0 fully saturated rings. The van der Waals surface area contributed by atoms with E-state index in [4.69, 9.17) is 0 Å². The van der Waals surface area contributed by atoms with Crippen molar-refractivity contribution < 1.29 is 15.0 Å². The van der Waals surface area contributed by atoms with E-state index in [9.17, 15) is 15.0 Å². The molecule has 0 atom stereocenters. The van der Waals surface area contributed by atoms with Crippen LogP contribution in [0.5, 0.6) is 5.75 Å². The number of carbonyl (C=O) groups is 1. The number of nitrogens with zero attached hydrogens (tertiary/aromatic N) is 1. The molecule has 3 aromatic rings. The third-order valence-electron chi connectivity index (χ3n) is 3.14. The van der Waals surface area contributed by atoms with Crippen molar-refractivity contribution in [3.8, 4) is 5.75 Å². The first-order valence-electron chi connectivity index (χ1n) is 6.67. The van der Waals surface area contributed by atoms with Gasteiger partial charge in [-0.3, -0.25) is 0 Å². The Balaban J connectivity index is 2.05. The summed E-state index contributed by atoms with van der Waals surface area (Å²) < 4.78 is 1.01. The number of carbonyl (C=O) groups excluding carboxylic acids is 1. The van der Waals surface area contributed by atoms with E-state index in [1.54, 1.807) is 30.3 Å². The summed E-state index contributed by atoms with van der Waals surface area (Å²) in [5, 5.41) is 21.0. The van der Waals surface area contributed by atoms with Crippen LogP contribution in [0.15, 0.2) is 48.5 Å². The first kappa shape index (κ1) is 14.3. The molecule has 1 aromatic heterocycles. The number of hydrogen-bond acceptors (Lipinski definition) is 5. The molecule has 2 aromatic carbocycles. The smallest absolute Gasteiger partial charge is 0.120 e. The monoisotopic (exact) mass is 310 g/mol. The van der Waals surface area contributed by atoms with Crippen LogP contribution in [0.4, 0.5) is 0 Å². The van der Waals surface area contributed by atoms with E-state index >= 15 is 0 Å². The molecule has 0 spiro atoms. The molecule has 0 radical (unpaired) electrons. The first-order chi connectivity index (χ1) is 10.6. The summed E-state index contributed by atoms with van der Waals surface area (Å²) in [7, 11) is 0. The van der Waals surface area contributed by atoms with Gasteiger partial charge in [0.25, 0.3) is 0 Å². The highest BCUT2D eigenvalue weighted by Crippen LogP contribution is 2.30. The van der Waals surface area contributed by atoms with Crippen molar-refractivity contribution in [3.63, 3.8) is 0 Å². The molecule has 110 valence electrons. The lowest BCUT2D eigenvalue weighted by Gasteiger charge is -2.06. The molecular formula is C17H12NO3S-. The lowest BCUT2D eigenvalue weighted by Crippen LogP contribution is -2.22. The van der Waals surface area contributed by atoms with Gasteiger partial charge in [-0.25, -0.2) is 4.98 Å². The highest BCUT2D eigenvalue weighted by Gasteiger charge is 2.09.